The van der Waals surface area contributed by atoms with Crippen LogP contribution >= 0.6 is 0 Å². The van der Waals surface area contributed by atoms with Crippen LogP contribution < -0.4 is 4.74 Å². The first kappa shape index (κ1) is 11.2. The molecule has 3 heteroatoms. The summed E-state index contributed by atoms with van der Waals surface area (Å²) >= 11 is 0. The topological polar surface area (TPSA) is 34.7 Å². The Morgan fingerprint density at radius 1 is 1.18 bits per heavy atom. The zero-order valence-electron chi connectivity index (χ0n) is 9.54. The Bertz CT molecular complexity index is 496. The smallest absolute Gasteiger partial charge is 0.126 e. The molecule has 0 saturated carbocycles. The fourth-order valence-electron chi connectivity index (χ4n) is 1.32. The lowest BCUT2D eigenvalue weighted by molar-refractivity contribution is 0.415. The molecule has 0 aliphatic rings. The molecule has 0 aliphatic carbocycles. The van der Waals surface area contributed by atoms with Gasteiger partial charge >= 0.3 is 0 Å². The largest absolute Gasteiger partial charge is 0.497 e. The Balaban J connectivity index is 1.95. The van der Waals surface area contributed by atoms with Gasteiger partial charge in [0.25, 0.3) is 0 Å². The number of allylic oxidation sites excluding steroid dienone is 1. The second kappa shape index (κ2) is 5.70. The van der Waals surface area contributed by atoms with Crippen molar-refractivity contribution in [3.63, 3.8) is 0 Å². The molecule has 1 heterocycles. The van der Waals surface area contributed by atoms with Crippen molar-refractivity contribution in [1.29, 1.82) is 0 Å². The van der Waals surface area contributed by atoms with Crippen LogP contribution in [0.4, 0.5) is 5.69 Å². The molecule has 17 heavy (non-hydrogen) atoms. The maximum Gasteiger partial charge on any atom is 0.126 e. The summed E-state index contributed by atoms with van der Waals surface area (Å²) in [6, 6.07) is 11.3. The van der Waals surface area contributed by atoms with Gasteiger partial charge in [-0.2, -0.15) is 0 Å². The van der Waals surface area contributed by atoms with Crippen LogP contribution in [-0.2, 0) is 0 Å². The van der Waals surface area contributed by atoms with Crippen molar-refractivity contribution in [2.24, 2.45) is 4.99 Å². The summed E-state index contributed by atoms with van der Waals surface area (Å²) in [5, 5.41) is 0. The quantitative estimate of drug-likeness (QED) is 0.746. The zero-order chi connectivity index (χ0) is 11.9. The molecule has 86 valence electrons. The molecule has 2 aromatic rings. The molecule has 1 aromatic carbocycles. The van der Waals surface area contributed by atoms with Crippen LogP contribution in [0.3, 0.4) is 0 Å². The fraction of sp³-hybridized carbons (Fsp3) is 0.0714. The third-order valence-electron chi connectivity index (χ3n) is 2.19. The molecule has 0 radical (unpaired) electrons. The van der Waals surface area contributed by atoms with E-state index in [0.29, 0.717) is 0 Å². The van der Waals surface area contributed by atoms with Crippen molar-refractivity contribution in [3.8, 4) is 5.75 Å². The Morgan fingerprint density at radius 2 is 2.00 bits per heavy atom. The summed E-state index contributed by atoms with van der Waals surface area (Å²) in [6.45, 7) is 0. The van der Waals surface area contributed by atoms with Gasteiger partial charge in [-0.3, -0.25) is 4.99 Å². The average Bonchev–Trinajstić information content (AvgIpc) is 2.88. The summed E-state index contributed by atoms with van der Waals surface area (Å²) in [4.78, 5) is 4.27. The molecule has 0 aliphatic heterocycles. The number of hydrogen-bond donors (Lipinski definition) is 0. The van der Waals surface area contributed by atoms with Crippen molar-refractivity contribution < 1.29 is 9.15 Å². The molecule has 0 N–H and O–H groups in total. The lowest BCUT2D eigenvalue weighted by Crippen LogP contribution is -1.79. The van der Waals surface area contributed by atoms with Gasteiger partial charge in [0.1, 0.15) is 11.5 Å². The Hall–Kier alpha value is -2.29. The monoisotopic (exact) mass is 227 g/mol. The van der Waals surface area contributed by atoms with Crippen LogP contribution in [0.5, 0.6) is 5.75 Å². The third kappa shape index (κ3) is 3.34. The zero-order valence-corrected chi connectivity index (χ0v) is 9.54. The molecule has 2 rings (SSSR count). The number of methoxy groups -OCH3 is 1. The third-order valence-corrected chi connectivity index (χ3v) is 2.19. The predicted octanol–water partition coefficient (Wildman–Crippen LogP) is 3.70. The summed E-state index contributed by atoms with van der Waals surface area (Å²) in [6.07, 6.45) is 7.06. The number of aliphatic imine (C=N–C) groups is 1. The molecule has 0 saturated heterocycles. The number of rotatable bonds is 4. The number of ether oxygens (including phenoxy) is 1. The minimum absolute atomic E-state index is 0.811. The number of furan rings is 1. The maximum atomic E-state index is 5.15. The highest BCUT2D eigenvalue weighted by molar-refractivity contribution is 5.79. The number of nitrogens with zero attached hydrogens (tertiary/aromatic N) is 1. The first-order valence-corrected chi connectivity index (χ1v) is 5.27. The SMILES string of the molecule is COc1ccc(N=CC=Cc2ccco2)cc1. The van der Waals surface area contributed by atoms with Gasteiger partial charge in [-0.05, 0) is 48.6 Å². The highest BCUT2D eigenvalue weighted by Gasteiger charge is 1.90. The molecule has 0 atom stereocenters. The van der Waals surface area contributed by atoms with Crippen LogP contribution in [0, 0.1) is 0 Å². The van der Waals surface area contributed by atoms with E-state index >= 15 is 0 Å². The van der Waals surface area contributed by atoms with Crippen LogP contribution in [0.25, 0.3) is 6.08 Å². The lowest BCUT2D eigenvalue weighted by Gasteiger charge is -1.97. The van der Waals surface area contributed by atoms with E-state index in [2.05, 4.69) is 4.99 Å². The fourth-order valence-corrected chi connectivity index (χ4v) is 1.32. The first-order chi connectivity index (χ1) is 8.38. The lowest BCUT2D eigenvalue weighted by atomic mass is 10.3. The molecule has 3 nitrogen and oxygen atoms in total. The van der Waals surface area contributed by atoms with E-state index in [-0.39, 0.29) is 0 Å². The van der Waals surface area contributed by atoms with Crippen LogP contribution in [0.2, 0.25) is 0 Å². The molecule has 0 spiro atoms. The summed E-state index contributed by atoms with van der Waals surface area (Å²) in [7, 11) is 1.64. The maximum absolute atomic E-state index is 5.15. The van der Waals surface area contributed by atoms with Gasteiger partial charge in [0.2, 0.25) is 0 Å². The minimum Gasteiger partial charge on any atom is -0.497 e. The number of benzene rings is 1. The van der Waals surface area contributed by atoms with E-state index in [1.54, 1.807) is 19.6 Å². The Labute approximate surface area is 100 Å². The average molecular weight is 227 g/mol. The molecule has 1 aromatic heterocycles. The van der Waals surface area contributed by atoms with Crippen molar-refractivity contribution in [3.05, 3.63) is 54.5 Å². The highest BCUT2D eigenvalue weighted by atomic mass is 16.5. The normalized spacial score (nSPS) is 11.4. The van der Waals surface area contributed by atoms with E-state index in [9.17, 15) is 0 Å². The molecule has 0 bridgehead atoms. The van der Waals surface area contributed by atoms with Crippen LogP contribution in [-0.4, -0.2) is 13.3 Å². The van der Waals surface area contributed by atoms with Crippen LogP contribution in [0.1, 0.15) is 5.76 Å². The summed E-state index contributed by atoms with van der Waals surface area (Å²) < 4.78 is 10.2. The van der Waals surface area contributed by atoms with Gasteiger partial charge in [0.05, 0.1) is 19.1 Å². The molecule has 0 unspecified atom stereocenters. The standard InChI is InChI=1S/C14H13NO2/c1-16-13-8-6-12(7-9-13)15-10-2-4-14-5-3-11-17-14/h2-11H,1H3. The van der Waals surface area contributed by atoms with Gasteiger partial charge in [-0.15, -0.1) is 0 Å². The minimum atomic E-state index is 0.811. The van der Waals surface area contributed by atoms with E-state index in [4.69, 9.17) is 9.15 Å². The summed E-state index contributed by atoms with van der Waals surface area (Å²) in [5.74, 6) is 1.64. The predicted molar refractivity (Wildman–Crippen MR) is 68.9 cm³/mol. The van der Waals surface area contributed by atoms with Crippen LogP contribution in [0.15, 0.2) is 58.1 Å². The van der Waals surface area contributed by atoms with Crippen molar-refractivity contribution >= 4 is 18.0 Å². The first-order valence-electron chi connectivity index (χ1n) is 5.27. The molecular formula is C14H13NO2. The summed E-state index contributed by atoms with van der Waals surface area (Å²) in [5.41, 5.74) is 0.884. The second-order valence-corrected chi connectivity index (χ2v) is 3.35. The molecule has 0 fully saturated rings. The van der Waals surface area contributed by atoms with Crippen molar-refractivity contribution in [2.75, 3.05) is 7.11 Å². The van der Waals surface area contributed by atoms with E-state index in [1.807, 2.05) is 48.6 Å². The Morgan fingerprint density at radius 3 is 2.65 bits per heavy atom. The molecular weight excluding hydrogens is 214 g/mol. The molecule has 0 amide bonds. The van der Waals surface area contributed by atoms with Gasteiger partial charge < -0.3 is 9.15 Å². The Kier molecular flexibility index (Phi) is 3.76. The van der Waals surface area contributed by atoms with E-state index in [0.717, 1.165) is 17.2 Å². The van der Waals surface area contributed by atoms with Gasteiger partial charge in [0, 0.05) is 6.21 Å². The van der Waals surface area contributed by atoms with Gasteiger partial charge in [-0.1, -0.05) is 0 Å². The number of hydrogen-bond acceptors (Lipinski definition) is 3. The van der Waals surface area contributed by atoms with Gasteiger partial charge in [0.15, 0.2) is 0 Å². The second-order valence-electron chi connectivity index (χ2n) is 3.35. The highest BCUT2D eigenvalue weighted by Crippen LogP contribution is 2.17. The van der Waals surface area contributed by atoms with E-state index < -0.39 is 0 Å². The van der Waals surface area contributed by atoms with Crippen molar-refractivity contribution in [2.45, 2.75) is 0 Å². The van der Waals surface area contributed by atoms with E-state index in [1.165, 1.54) is 0 Å². The van der Waals surface area contributed by atoms with Crippen molar-refractivity contribution in [1.82, 2.24) is 0 Å². The van der Waals surface area contributed by atoms with Gasteiger partial charge in [-0.25, -0.2) is 0 Å².